The van der Waals surface area contributed by atoms with Gasteiger partial charge in [-0.25, -0.2) is 9.67 Å². The third kappa shape index (κ3) is 3.19. The minimum absolute atomic E-state index is 0.159. The highest BCUT2D eigenvalue weighted by molar-refractivity contribution is 7.22. The van der Waals surface area contributed by atoms with E-state index in [0.717, 1.165) is 21.3 Å². The van der Waals surface area contributed by atoms with Crippen molar-refractivity contribution in [1.29, 1.82) is 0 Å². The Balaban J connectivity index is 1.52. The number of carbonyl (C=O) groups is 1. The van der Waals surface area contributed by atoms with Crippen LogP contribution in [-0.2, 0) is 0 Å². The van der Waals surface area contributed by atoms with E-state index >= 15 is 0 Å². The first kappa shape index (κ1) is 15.6. The number of nitrogens with one attached hydrogen (secondary N) is 1. The molecule has 3 aromatic heterocycles. The number of thiazole rings is 1. The molecule has 7 nitrogen and oxygen atoms in total. The summed E-state index contributed by atoms with van der Waals surface area (Å²) in [7, 11) is 0. The third-order valence-electron chi connectivity index (χ3n) is 3.47. The van der Waals surface area contributed by atoms with Crippen molar-refractivity contribution in [2.45, 2.75) is 6.92 Å². The van der Waals surface area contributed by atoms with Crippen molar-refractivity contribution in [2.24, 2.45) is 0 Å². The van der Waals surface area contributed by atoms with Gasteiger partial charge in [0.15, 0.2) is 0 Å². The average Bonchev–Trinajstić information content (AvgIpc) is 3.37. The Morgan fingerprint density at radius 2 is 2.04 bits per heavy atom. The summed E-state index contributed by atoms with van der Waals surface area (Å²) in [4.78, 5) is 18.7. The normalized spacial score (nSPS) is 10.8. The SMILES string of the molecule is Cc1nc(-c2cccs2)sc1C(=O)Nc1ccc(-n2cnnn2)cc1. The van der Waals surface area contributed by atoms with Crippen LogP contribution in [0.25, 0.3) is 15.6 Å². The van der Waals surface area contributed by atoms with Gasteiger partial charge in [-0.3, -0.25) is 4.79 Å². The number of rotatable bonds is 4. The molecule has 0 spiro atoms. The number of tetrazole rings is 1. The summed E-state index contributed by atoms with van der Waals surface area (Å²) >= 11 is 3.01. The van der Waals surface area contributed by atoms with Crippen molar-refractivity contribution in [3.05, 3.63) is 58.7 Å². The number of hydrogen-bond donors (Lipinski definition) is 1. The lowest BCUT2D eigenvalue weighted by molar-refractivity contribution is 0.103. The van der Waals surface area contributed by atoms with Crippen LogP contribution in [0.1, 0.15) is 15.4 Å². The van der Waals surface area contributed by atoms with E-state index in [1.165, 1.54) is 17.7 Å². The van der Waals surface area contributed by atoms with Crippen LogP contribution < -0.4 is 5.32 Å². The van der Waals surface area contributed by atoms with Crippen LogP contribution in [0.2, 0.25) is 0 Å². The Hall–Kier alpha value is -2.91. The number of carbonyl (C=O) groups excluding carboxylic acids is 1. The van der Waals surface area contributed by atoms with Crippen LogP contribution in [0, 0.1) is 6.92 Å². The zero-order valence-electron chi connectivity index (χ0n) is 13.1. The lowest BCUT2D eigenvalue weighted by Crippen LogP contribution is -2.11. The van der Waals surface area contributed by atoms with Gasteiger partial charge in [0.25, 0.3) is 5.91 Å². The predicted octanol–water partition coefficient (Wildman–Crippen LogP) is 3.41. The average molecular weight is 368 g/mol. The summed E-state index contributed by atoms with van der Waals surface area (Å²) in [5.41, 5.74) is 2.25. The maximum absolute atomic E-state index is 12.6. The zero-order valence-corrected chi connectivity index (χ0v) is 14.7. The van der Waals surface area contributed by atoms with E-state index in [1.54, 1.807) is 16.0 Å². The summed E-state index contributed by atoms with van der Waals surface area (Å²) in [6.45, 7) is 1.85. The van der Waals surface area contributed by atoms with Crippen LogP contribution in [0.3, 0.4) is 0 Å². The molecule has 1 aromatic carbocycles. The van der Waals surface area contributed by atoms with Gasteiger partial charge in [0.1, 0.15) is 16.2 Å². The van der Waals surface area contributed by atoms with E-state index in [2.05, 4.69) is 25.8 Å². The molecule has 0 bridgehead atoms. The molecular weight excluding hydrogens is 356 g/mol. The minimum Gasteiger partial charge on any atom is -0.321 e. The molecule has 25 heavy (non-hydrogen) atoms. The van der Waals surface area contributed by atoms with E-state index in [9.17, 15) is 4.79 Å². The standard InChI is InChI=1S/C16H12N6OS2/c1-10-14(25-16(18-10)13-3-2-8-24-13)15(23)19-11-4-6-12(7-5-11)22-9-17-20-21-22/h2-9H,1H3,(H,19,23). The molecule has 1 amide bonds. The molecule has 0 saturated carbocycles. The second-order valence-electron chi connectivity index (χ2n) is 5.17. The van der Waals surface area contributed by atoms with Crippen molar-refractivity contribution < 1.29 is 4.79 Å². The monoisotopic (exact) mass is 368 g/mol. The summed E-state index contributed by atoms with van der Waals surface area (Å²) in [6, 6.07) is 11.3. The second kappa shape index (κ2) is 6.54. The van der Waals surface area contributed by atoms with Gasteiger partial charge in [0.2, 0.25) is 0 Å². The Morgan fingerprint density at radius 1 is 1.20 bits per heavy atom. The molecule has 0 aliphatic heterocycles. The van der Waals surface area contributed by atoms with Crippen molar-refractivity contribution in [1.82, 2.24) is 25.2 Å². The van der Waals surface area contributed by atoms with E-state index in [-0.39, 0.29) is 5.91 Å². The van der Waals surface area contributed by atoms with Gasteiger partial charge in [-0.2, -0.15) is 0 Å². The van der Waals surface area contributed by atoms with E-state index < -0.39 is 0 Å². The molecule has 0 saturated heterocycles. The summed E-state index contributed by atoms with van der Waals surface area (Å²) in [5, 5.41) is 16.8. The maximum atomic E-state index is 12.6. The van der Waals surface area contributed by atoms with Crippen molar-refractivity contribution in [3.8, 4) is 15.6 Å². The summed E-state index contributed by atoms with van der Waals surface area (Å²) in [5.74, 6) is -0.159. The van der Waals surface area contributed by atoms with Crippen LogP contribution in [0.15, 0.2) is 48.1 Å². The quantitative estimate of drug-likeness (QED) is 0.597. The van der Waals surface area contributed by atoms with Gasteiger partial charge in [-0.1, -0.05) is 6.07 Å². The number of aryl methyl sites for hydroxylation is 1. The third-order valence-corrected chi connectivity index (χ3v) is 5.67. The van der Waals surface area contributed by atoms with E-state index in [1.807, 2.05) is 48.7 Å². The Bertz CT molecular complexity index is 990. The number of hydrogen-bond acceptors (Lipinski definition) is 7. The molecule has 1 N–H and O–H groups in total. The fourth-order valence-corrected chi connectivity index (χ4v) is 4.04. The van der Waals surface area contributed by atoms with Crippen LogP contribution in [-0.4, -0.2) is 31.1 Å². The lowest BCUT2D eigenvalue weighted by Gasteiger charge is -2.05. The number of anilines is 1. The van der Waals surface area contributed by atoms with Gasteiger partial charge in [-0.15, -0.1) is 27.8 Å². The molecule has 0 radical (unpaired) electrons. The molecule has 4 rings (SSSR count). The smallest absolute Gasteiger partial charge is 0.267 e. The van der Waals surface area contributed by atoms with Gasteiger partial charge in [-0.05, 0) is 53.1 Å². The number of amides is 1. The first-order chi connectivity index (χ1) is 12.2. The molecule has 4 aromatic rings. The highest BCUT2D eigenvalue weighted by Gasteiger charge is 2.17. The van der Waals surface area contributed by atoms with E-state index in [4.69, 9.17) is 0 Å². The van der Waals surface area contributed by atoms with Crippen LogP contribution in [0.4, 0.5) is 5.69 Å². The number of nitrogens with zero attached hydrogens (tertiary/aromatic N) is 5. The fraction of sp³-hybridized carbons (Fsp3) is 0.0625. The predicted molar refractivity (Wildman–Crippen MR) is 97.3 cm³/mol. The number of aromatic nitrogens is 5. The first-order valence-corrected chi connectivity index (χ1v) is 9.06. The molecule has 0 unspecified atom stereocenters. The first-order valence-electron chi connectivity index (χ1n) is 7.37. The fourth-order valence-electron chi connectivity index (χ4n) is 2.28. The number of thiophene rings is 1. The molecule has 0 atom stereocenters. The molecular formula is C16H12N6OS2. The van der Waals surface area contributed by atoms with E-state index in [0.29, 0.717) is 10.6 Å². The largest absolute Gasteiger partial charge is 0.321 e. The Labute approximate surface area is 151 Å². The molecule has 0 fully saturated rings. The van der Waals surface area contributed by atoms with Gasteiger partial charge < -0.3 is 5.32 Å². The van der Waals surface area contributed by atoms with Crippen molar-refractivity contribution >= 4 is 34.3 Å². The van der Waals surface area contributed by atoms with Crippen LogP contribution in [0.5, 0.6) is 0 Å². The van der Waals surface area contributed by atoms with Crippen LogP contribution >= 0.6 is 22.7 Å². The number of benzene rings is 1. The zero-order chi connectivity index (χ0) is 17.2. The minimum atomic E-state index is -0.159. The summed E-state index contributed by atoms with van der Waals surface area (Å²) in [6.07, 6.45) is 1.51. The molecule has 0 aliphatic rings. The second-order valence-corrected chi connectivity index (χ2v) is 7.11. The molecule has 124 valence electrons. The molecule has 0 aliphatic carbocycles. The lowest BCUT2D eigenvalue weighted by atomic mass is 10.2. The molecule has 3 heterocycles. The van der Waals surface area contributed by atoms with Gasteiger partial charge in [0.05, 0.1) is 16.3 Å². The van der Waals surface area contributed by atoms with Crippen molar-refractivity contribution in [2.75, 3.05) is 5.32 Å². The Morgan fingerprint density at radius 3 is 2.72 bits per heavy atom. The molecule has 9 heteroatoms. The van der Waals surface area contributed by atoms with Crippen molar-refractivity contribution in [3.63, 3.8) is 0 Å². The summed E-state index contributed by atoms with van der Waals surface area (Å²) < 4.78 is 1.55. The Kier molecular flexibility index (Phi) is 4.08. The maximum Gasteiger partial charge on any atom is 0.267 e. The topological polar surface area (TPSA) is 85.6 Å². The highest BCUT2D eigenvalue weighted by Crippen LogP contribution is 2.31. The highest BCUT2D eigenvalue weighted by atomic mass is 32.1. The van der Waals surface area contributed by atoms with Gasteiger partial charge in [0, 0.05) is 5.69 Å². The van der Waals surface area contributed by atoms with Gasteiger partial charge >= 0.3 is 0 Å².